The summed E-state index contributed by atoms with van der Waals surface area (Å²) >= 11 is 1.82. The Labute approximate surface area is 128 Å². The first-order chi connectivity index (χ1) is 10.3. The van der Waals surface area contributed by atoms with Crippen LogP contribution in [-0.2, 0) is 6.54 Å². The number of rotatable bonds is 7. The Bertz CT molecular complexity index is 589. The number of nitrogens with one attached hydrogen (secondary N) is 1. The van der Waals surface area contributed by atoms with Crippen LogP contribution in [-0.4, -0.2) is 28.3 Å². The summed E-state index contributed by atoms with van der Waals surface area (Å²) in [6.45, 7) is 1.63. The van der Waals surface area contributed by atoms with Crippen molar-refractivity contribution in [2.24, 2.45) is 10.9 Å². The largest absolute Gasteiger partial charge is 0.409 e. The van der Waals surface area contributed by atoms with Crippen LogP contribution in [0.3, 0.4) is 0 Å². The summed E-state index contributed by atoms with van der Waals surface area (Å²) in [5.74, 6) is 1.03. The Morgan fingerprint density at radius 2 is 2.10 bits per heavy atom. The molecule has 0 fully saturated rings. The van der Waals surface area contributed by atoms with Crippen LogP contribution in [0.15, 0.2) is 58.7 Å². The highest BCUT2D eigenvalue weighted by atomic mass is 32.2. The Kier molecular flexibility index (Phi) is 6.05. The minimum atomic E-state index is 0.0245. The third-order valence-corrected chi connectivity index (χ3v) is 3.83. The second kappa shape index (κ2) is 8.28. The molecule has 0 bridgehead atoms. The van der Waals surface area contributed by atoms with Crippen LogP contribution in [0, 0.1) is 0 Å². The lowest BCUT2D eigenvalue weighted by atomic mass is 10.2. The standard InChI is InChI=1S/C15H18N4OS/c16-15(19-20)14-10-12(6-7-18-14)11-17-8-9-21-13-4-2-1-3-5-13/h1-7,10,17,20H,8-9,11H2,(H2,16,19). The molecule has 2 aromatic rings. The van der Waals surface area contributed by atoms with Gasteiger partial charge in [0.05, 0.1) is 0 Å². The monoisotopic (exact) mass is 302 g/mol. The number of nitrogens with zero attached hydrogens (tertiary/aromatic N) is 2. The fraction of sp³-hybridized carbons (Fsp3) is 0.200. The summed E-state index contributed by atoms with van der Waals surface area (Å²) in [4.78, 5) is 5.32. The predicted molar refractivity (Wildman–Crippen MR) is 85.6 cm³/mol. The zero-order valence-electron chi connectivity index (χ0n) is 11.6. The molecule has 1 aromatic heterocycles. The number of benzene rings is 1. The predicted octanol–water partition coefficient (Wildman–Crippen LogP) is 2.06. The van der Waals surface area contributed by atoms with Gasteiger partial charge in [0.2, 0.25) is 0 Å². The fourth-order valence-corrected chi connectivity index (χ4v) is 2.60. The fourth-order valence-electron chi connectivity index (χ4n) is 1.77. The molecule has 0 saturated carbocycles. The van der Waals surface area contributed by atoms with Gasteiger partial charge in [-0.15, -0.1) is 11.8 Å². The molecule has 4 N–H and O–H groups in total. The number of hydrogen-bond donors (Lipinski definition) is 3. The number of hydrogen-bond acceptors (Lipinski definition) is 5. The van der Waals surface area contributed by atoms with Crippen molar-refractivity contribution in [2.45, 2.75) is 11.4 Å². The third-order valence-electron chi connectivity index (χ3n) is 2.81. The zero-order chi connectivity index (χ0) is 14.9. The van der Waals surface area contributed by atoms with E-state index in [0.717, 1.165) is 24.4 Å². The molecule has 0 radical (unpaired) electrons. The van der Waals surface area contributed by atoms with Crippen LogP contribution in [0.2, 0.25) is 0 Å². The lowest BCUT2D eigenvalue weighted by Crippen LogP contribution is -2.18. The quantitative estimate of drug-likeness (QED) is 0.182. The van der Waals surface area contributed by atoms with Crippen molar-refractivity contribution >= 4 is 17.6 Å². The summed E-state index contributed by atoms with van der Waals surface area (Å²) in [6, 6.07) is 14.0. The number of oxime groups is 1. The van der Waals surface area contributed by atoms with Gasteiger partial charge in [0.25, 0.3) is 0 Å². The van der Waals surface area contributed by atoms with E-state index in [9.17, 15) is 0 Å². The molecule has 0 atom stereocenters. The van der Waals surface area contributed by atoms with Crippen LogP contribution in [0.25, 0.3) is 0 Å². The summed E-state index contributed by atoms with van der Waals surface area (Å²) in [5.41, 5.74) is 7.05. The van der Waals surface area contributed by atoms with E-state index >= 15 is 0 Å². The van der Waals surface area contributed by atoms with Crippen molar-refractivity contribution < 1.29 is 5.21 Å². The van der Waals surface area contributed by atoms with Gasteiger partial charge in [-0.25, -0.2) is 0 Å². The first-order valence-corrected chi connectivity index (χ1v) is 7.59. The van der Waals surface area contributed by atoms with E-state index in [2.05, 4.69) is 27.6 Å². The van der Waals surface area contributed by atoms with Crippen molar-refractivity contribution in [3.05, 3.63) is 59.9 Å². The number of thioether (sulfide) groups is 1. The Balaban J connectivity index is 1.74. The number of pyridine rings is 1. The molecular formula is C15H18N4OS. The van der Waals surface area contributed by atoms with E-state index in [1.54, 1.807) is 6.20 Å². The molecule has 21 heavy (non-hydrogen) atoms. The van der Waals surface area contributed by atoms with Crippen LogP contribution < -0.4 is 11.1 Å². The van der Waals surface area contributed by atoms with Gasteiger partial charge in [-0.1, -0.05) is 23.4 Å². The second-order valence-corrected chi connectivity index (χ2v) is 5.54. The summed E-state index contributed by atoms with van der Waals surface area (Å²) in [7, 11) is 0. The van der Waals surface area contributed by atoms with Crippen LogP contribution in [0.1, 0.15) is 11.3 Å². The number of nitrogens with two attached hydrogens (primary N) is 1. The van der Waals surface area contributed by atoms with Gasteiger partial charge in [-0.3, -0.25) is 4.98 Å². The average Bonchev–Trinajstić information content (AvgIpc) is 2.55. The Morgan fingerprint density at radius 1 is 1.29 bits per heavy atom. The minimum Gasteiger partial charge on any atom is -0.409 e. The smallest absolute Gasteiger partial charge is 0.188 e. The normalized spacial score (nSPS) is 11.5. The van der Waals surface area contributed by atoms with E-state index in [0.29, 0.717) is 5.69 Å². The first-order valence-electron chi connectivity index (χ1n) is 6.61. The van der Waals surface area contributed by atoms with Crippen molar-refractivity contribution in [1.29, 1.82) is 0 Å². The summed E-state index contributed by atoms with van der Waals surface area (Å²) in [6.07, 6.45) is 1.66. The summed E-state index contributed by atoms with van der Waals surface area (Å²) in [5, 5.41) is 15.0. The van der Waals surface area contributed by atoms with E-state index in [1.807, 2.05) is 42.1 Å². The molecule has 0 spiro atoms. The molecule has 2 rings (SSSR count). The maximum atomic E-state index is 8.64. The van der Waals surface area contributed by atoms with Crippen molar-refractivity contribution in [1.82, 2.24) is 10.3 Å². The maximum Gasteiger partial charge on any atom is 0.188 e. The molecule has 0 aliphatic heterocycles. The summed E-state index contributed by atoms with van der Waals surface area (Å²) < 4.78 is 0. The van der Waals surface area contributed by atoms with E-state index < -0.39 is 0 Å². The van der Waals surface area contributed by atoms with Gasteiger partial charge in [0, 0.05) is 29.9 Å². The minimum absolute atomic E-state index is 0.0245. The van der Waals surface area contributed by atoms with Gasteiger partial charge in [-0.05, 0) is 29.8 Å². The topological polar surface area (TPSA) is 83.5 Å². The molecule has 0 aliphatic carbocycles. The number of aromatic nitrogens is 1. The lowest BCUT2D eigenvalue weighted by Gasteiger charge is -2.06. The highest BCUT2D eigenvalue weighted by molar-refractivity contribution is 7.99. The highest BCUT2D eigenvalue weighted by Crippen LogP contribution is 2.15. The molecule has 0 saturated heterocycles. The molecule has 110 valence electrons. The van der Waals surface area contributed by atoms with Crippen molar-refractivity contribution in [2.75, 3.05) is 12.3 Å². The Morgan fingerprint density at radius 3 is 2.86 bits per heavy atom. The van der Waals surface area contributed by atoms with Gasteiger partial charge in [0.1, 0.15) is 5.69 Å². The average molecular weight is 302 g/mol. The second-order valence-electron chi connectivity index (χ2n) is 4.37. The van der Waals surface area contributed by atoms with Crippen LogP contribution in [0.5, 0.6) is 0 Å². The van der Waals surface area contributed by atoms with Crippen LogP contribution >= 0.6 is 11.8 Å². The number of amidine groups is 1. The molecule has 1 aromatic carbocycles. The third kappa shape index (κ3) is 5.09. The van der Waals surface area contributed by atoms with Gasteiger partial charge < -0.3 is 16.3 Å². The molecule has 0 aliphatic rings. The van der Waals surface area contributed by atoms with E-state index in [4.69, 9.17) is 10.9 Å². The highest BCUT2D eigenvalue weighted by Gasteiger charge is 2.02. The molecular weight excluding hydrogens is 284 g/mol. The van der Waals surface area contributed by atoms with Crippen molar-refractivity contribution in [3.8, 4) is 0 Å². The van der Waals surface area contributed by atoms with Gasteiger partial charge in [-0.2, -0.15) is 0 Å². The molecule has 6 heteroatoms. The van der Waals surface area contributed by atoms with Crippen LogP contribution in [0.4, 0.5) is 0 Å². The van der Waals surface area contributed by atoms with Gasteiger partial charge >= 0.3 is 0 Å². The van der Waals surface area contributed by atoms with E-state index in [-0.39, 0.29) is 5.84 Å². The van der Waals surface area contributed by atoms with Gasteiger partial charge in [0.15, 0.2) is 5.84 Å². The molecule has 5 nitrogen and oxygen atoms in total. The zero-order valence-corrected chi connectivity index (χ0v) is 12.4. The lowest BCUT2D eigenvalue weighted by molar-refractivity contribution is 0.318. The molecule has 0 amide bonds. The SMILES string of the molecule is NC(=NO)c1cc(CNCCSc2ccccc2)ccn1. The molecule has 0 unspecified atom stereocenters. The van der Waals surface area contributed by atoms with Crippen molar-refractivity contribution in [3.63, 3.8) is 0 Å². The van der Waals surface area contributed by atoms with E-state index in [1.165, 1.54) is 4.90 Å². The maximum absolute atomic E-state index is 8.64. The first kappa shape index (κ1) is 15.3. The Hall–Kier alpha value is -2.05. The molecule has 1 heterocycles.